The summed E-state index contributed by atoms with van der Waals surface area (Å²) in [4.78, 5) is 14.6. The minimum Gasteiger partial charge on any atom is -0.483 e. The van der Waals surface area contributed by atoms with Gasteiger partial charge < -0.3 is 39.8 Å². The van der Waals surface area contributed by atoms with Gasteiger partial charge in [0.1, 0.15) is 23.1 Å². The SMILES string of the molecule is CN1CC[C@@H](Nc2cccn3c(SC(F)(F)F)c(C#CCNc4cc(C(=O)NCC(C)(C)O)ccc4OC4COC4)cc23)[C@@H](F)C1. The number of carbonyl (C=O) groups excluding carboxylic acids is 1. The van der Waals surface area contributed by atoms with Crippen LogP contribution in [0, 0.1) is 11.8 Å². The quantitative estimate of drug-likeness (QED) is 0.140. The molecule has 46 heavy (non-hydrogen) atoms. The number of likely N-dealkylation sites (tertiary alicyclic amines) is 1. The molecular weight excluding hydrogens is 626 g/mol. The van der Waals surface area contributed by atoms with Gasteiger partial charge in [-0.15, -0.1) is 0 Å². The predicted octanol–water partition coefficient (Wildman–Crippen LogP) is 4.75. The number of anilines is 2. The number of nitrogens with one attached hydrogen (secondary N) is 3. The second-order valence-corrected chi connectivity index (χ2v) is 13.1. The molecular formula is C32H37F4N5O4S. The zero-order valence-electron chi connectivity index (χ0n) is 25.7. The molecule has 1 amide bonds. The fourth-order valence-corrected chi connectivity index (χ4v) is 5.77. The van der Waals surface area contributed by atoms with Crippen molar-refractivity contribution in [1.29, 1.82) is 0 Å². The average Bonchev–Trinajstić information content (AvgIpc) is 3.29. The highest BCUT2D eigenvalue weighted by Gasteiger charge is 2.33. The van der Waals surface area contributed by atoms with Gasteiger partial charge in [-0.25, -0.2) is 4.39 Å². The monoisotopic (exact) mass is 663 g/mol. The van der Waals surface area contributed by atoms with Gasteiger partial charge in [-0.2, -0.15) is 13.2 Å². The van der Waals surface area contributed by atoms with Gasteiger partial charge >= 0.3 is 5.51 Å². The second-order valence-electron chi connectivity index (χ2n) is 12.0. The lowest BCUT2D eigenvalue weighted by atomic mass is 10.0. The number of ether oxygens (including phenoxy) is 2. The molecule has 0 saturated carbocycles. The minimum atomic E-state index is -4.56. The molecule has 0 spiro atoms. The Hall–Kier alpha value is -3.64. The van der Waals surface area contributed by atoms with E-state index in [4.69, 9.17) is 9.47 Å². The first-order valence-electron chi connectivity index (χ1n) is 14.9. The Morgan fingerprint density at radius 3 is 2.65 bits per heavy atom. The first-order chi connectivity index (χ1) is 21.8. The van der Waals surface area contributed by atoms with Crippen LogP contribution in [0.3, 0.4) is 0 Å². The van der Waals surface area contributed by atoms with E-state index in [0.717, 1.165) is 0 Å². The highest BCUT2D eigenvalue weighted by atomic mass is 32.2. The van der Waals surface area contributed by atoms with Gasteiger partial charge in [-0.05, 0) is 63.7 Å². The zero-order chi connectivity index (χ0) is 33.1. The van der Waals surface area contributed by atoms with Gasteiger partial charge in [0.25, 0.3) is 5.91 Å². The van der Waals surface area contributed by atoms with Crippen molar-refractivity contribution < 1.29 is 36.9 Å². The van der Waals surface area contributed by atoms with Crippen molar-refractivity contribution in [2.75, 3.05) is 57.1 Å². The normalized spacial score (nSPS) is 19.2. The molecule has 3 aromatic rings. The van der Waals surface area contributed by atoms with Crippen LogP contribution in [0.1, 0.15) is 36.2 Å². The van der Waals surface area contributed by atoms with Crippen LogP contribution in [0.15, 0.2) is 47.6 Å². The molecule has 2 saturated heterocycles. The summed E-state index contributed by atoms with van der Waals surface area (Å²) in [5.74, 6) is 5.83. The Morgan fingerprint density at radius 2 is 1.98 bits per heavy atom. The van der Waals surface area contributed by atoms with E-state index in [1.165, 1.54) is 10.6 Å². The summed E-state index contributed by atoms with van der Waals surface area (Å²) in [5.41, 5.74) is -3.71. The molecule has 9 nitrogen and oxygen atoms in total. The van der Waals surface area contributed by atoms with Gasteiger partial charge in [0.15, 0.2) is 0 Å². The van der Waals surface area contributed by atoms with Crippen LogP contribution in [0.2, 0.25) is 0 Å². The molecule has 0 radical (unpaired) electrons. The number of benzene rings is 1. The number of carbonyl (C=O) groups is 1. The molecule has 0 unspecified atom stereocenters. The lowest BCUT2D eigenvalue weighted by Crippen LogP contribution is -2.46. The van der Waals surface area contributed by atoms with E-state index >= 15 is 0 Å². The lowest BCUT2D eigenvalue weighted by molar-refractivity contribution is -0.0794. The summed E-state index contributed by atoms with van der Waals surface area (Å²) in [7, 11) is 1.85. The summed E-state index contributed by atoms with van der Waals surface area (Å²) >= 11 is -0.259. The number of aliphatic hydroxyl groups is 1. The highest BCUT2D eigenvalue weighted by molar-refractivity contribution is 8.00. The summed E-state index contributed by atoms with van der Waals surface area (Å²) in [6.07, 6.45) is 0.813. The molecule has 4 N–H and O–H groups in total. The zero-order valence-corrected chi connectivity index (χ0v) is 26.5. The van der Waals surface area contributed by atoms with E-state index in [1.54, 1.807) is 50.2 Å². The molecule has 2 aliphatic rings. The number of rotatable bonds is 10. The van der Waals surface area contributed by atoms with Crippen LogP contribution >= 0.6 is 11.8 Å². The van der Waals surface area contributed by atoms with Gasteiger partial charge in [0, 0.05) is 43.2 Å². The van der Waals surface area contributed by atoms with E-state index < -0.39 is 29.2 Å². The van der Waals surface area contributed by atoms with Gasteiger partial charge in [0.2, 0.25) is 0 Å². The van der Waals surface area contributed by atoms with Crippen LogP contribution in [0.4, 0.5) is 28.9 Å². The van der Waals surface area contributed by atoms with E-state index in [0.29, 0.717) is 54.4 Å². The maximum absolute atomic E-state index is 14.8. The molecule has 2 fully saturated rings. The summed E-state index contributed by atoms with van der Waals surface area (Å²) in [6.45, 7) is 5.06. The van der Waals surface area contributed by atoms with Gasteiger partial charge in [-0.3, -0.25) is 4.79 Å². The van der Waals surface area contributed by atoms with Crippen molar-refractivity contribution in [3.05, 3.63) is 53.7 Å². The molecule has 1 aromatic carbocycles. The predicted molar refractivity (Wildman–Crippen MR) is 169 cm³/mol. The second kappa shape index (κ2) is 14.0. The average molecular weight is 664 g/mol. The number of aromatic nitrogens is 1. The number of nitrogens with zero attached hydrogens (tertiary/aromatic N) is 2. The van der Waals surface area contributed by atoms with Crippen LogP contribution < -0.4 is 20.7 Å². The largest absolute Gasteiger partial charge is 0.483 e. The standard InChI is InChI=1S/C32H37F4N5O4S/c1-31(2,43)19-38-29(42)20-8-9-28(45-22-17-44-18-22)26(14-20)37-11-4-6-21-15-27-25(39-24-10-13-40(3)16-23(24)33)7-5-12-41(27)30(21)46-32(34,35)36/h5,7-9,12,14-15,22-24,37,39,43H,10-11,13,16-19H2,1-3H3,(H,38,42)/t23-,24+/m0/s1. The van der Waals surface area contributed by atoms with Crippen molar-refractivity contribution in [2.45, 2.75) is 54.7 Å². The number of pyridine rings is 1. The van der Waals surface area contributed by atoms with Crippen molar-refractivity contribution in [3.63, 3.8) is 0 Å². The van der Waals surface area contributed by atoms with Crippen molar-refractivity contribution in [1.82, 2.24) is 14.6 Å². The third-order valence-electron chi connectivity index (χ3n) is 7.48. The Bertz CT molecular complexity index is 1610. The smallest absolute Gasteiger partial charge is 0.447 e. The number of thioether (sulfide) groups is 1. The van der Waals surface area contributed by atoms with Crippen molar-refractivity contribution in [2.24, 2.45) is 0 Å². The number of hydrogen-bond acceptors (Lipinski definition) is 8. The number of alkyl halides is 4. The van der Waals surface area contributed by atoms with E-state index in [9.17, 15) is 27.5 Å². The van der Waals surface area contributed by atoms with E-state index in [1.807, 2.05) is 11.9 Å². The number of fused-ring (bicyclic) bond motifs is 1. The summed E-state index contributed by atoms with van der Waals surface area (Å²) in [6, 6.07) is 9.28. The van der Waals surface area contributed by atoms with Crippen molar-refractivity contribution >= 4 is 34.6 Å². The molecule has 14 heteroatoms. The van der Waals surface area contributed by atoms with E-state index in [-0.39, 0.29) is 48.1 Å². The Morgan fingerprint density at radius 1 is 1.20 bits per heavy atom. The molecule has 0 aliphatic carbocycles. The number of amides is 1. The Kier molecular flexibility index (Phi) is 10.3. The molecule has 2 aromatic heterocycles. The molecule has 2 aliphatic heterocycles. The first-order valence-corrected chi connectivity index (χ1v) is 15.7. The third kappa shape index (κ3) is 8.79. The van der Waals surface area contributed by atoms with Crippen LogP contribution in [0.5, 0.6) is 5.75 Å². The van der Waals surface area contributed by atoms with Crippen molar-refractivity contribution in [3.8, 4) is 17.6 Å². The Labute approximate surface area is 269 Å². The molecule has 248 valence electrons. The number of hydrogen-bond donors (Lipinski definition) is 4. The minimum absolute atomic E-state index is 0.0266. The molecule has 0 bridgehead atoms. The lowest BCUT2D eigenvalue weighted by Gasteiger charge is -2.33. The fourth-order valence-electron chi connectivity index (χ4n) is 5.07. The highest BCUT2D eigenvalue weighted by Crippen LogP contribution is 2.41. The van der Waals surface area contributed by atoms with Gasteiger partial charge in [-0.1, -0.05) is 11.8 Å². The molecule has 2 atom stereocenters. The van der Waals surface area contributed by atoms with Crippen LogP contribution in [0.25, 0.3) is 5.52 Å². The number of piperidine rings is 1. The molecule has 5 rings (SSSR count). The van der Waals surface area contributed by atoms with Crippen LogP contribution in [-0.2, 0) is 4.74 Å². The third-order valence-corrected chi connectivity index (χ3v) is 8.32. The van der Waals surface area contributed by atoms with Gasteiger partial charge in [0.05, 0.1) is 53.9 Å². The Balaban J connectivity index is 1.38. The fraction of sp³-hybridized carbons (Fsp3) is 0.469. The maximum atomic E-state index is 14.8. The van der Waals surface area contributed by atoms with Crippen LogP contribution in [-0.4, -0.2) is 96.2 Å². The van der Waals surface area contributed by atoms with E-state index in [2.05, 4.69) is 27.8 Å². The maximum Gasteiger partial charge on any atom is 0.447 e. The summed E-state index contributed by atoms with van der Waals surface area (Å²) in [5, 5.41) is 18.9. The topological polar surface area (TPSA) is 99.5 Å². The summed E-state index contributed by atoms with van der Waals surface area (Å²) < 4.78 is 68.3. The number of halogens is 4. The first kappa shape index (κ1) is 33.7. The molecule has 4 heterocycles.